The van der Waals surface area contributed by atoms with Gasteiger partial charge in [-0.15, -0.1) is 0 Å². The van der Waals surface area contributed by atoms with E-state index in [9.17, 15) is 5.53 Å². The molecule has 370 valence electrons. The Balaban J connectivity index is 0.00000116. The first kappa shape index (κ1) is 58.7. The minimum atomic E-state index is 0.865. The number of aryl methyl sites for hydroxylation is 2. The Hall–Kier alpha value is -2.43. The zero-order valence-corrected chi connectivity index (χ0v) is 44.7. The quantitative estimate of drug-likeness (QED) is 0.0276. The van der Waals surface area contributed by atoms with Crippen molar-refractivity contribution < 1.29 is 19.1 Å². The summed E-state index contributed by atoms with van der Waals surface area (Å²) in [6.07, 6.45) is 46.9. The van der Waals surface area contributed by atoms with Crippen LogP contribution in [-0.4, -0.2) is 4.70 Å². The van der Waals surface area contributed by atoms with Gasteiger partial charge in [0, 0.05) is 23.1 Å². The molecule has 0 aromatic heterocycles. The predicted molar refractivity (Wildman–Crippen MR) is 286 cm³/mol. The van der Waals surface area contributed by atoms with Crippen LogP contribution in [0, 0.1) is 11.8 Å². The summed E-state index contributed by atoms with van der Waals surface area (Å²) in [5.74, 6) is 7.29. The molecule has 0 bridgehead atoms. The van der Waals surface area contributed by atoms with Gasteiger partial charge in [0.05, 0.1) is 0 Å². The fraction of sp³-hybridized carbons (Fsp3) is 0.710. The second-order valence-corrected chi connectivity index (χ2v) is 20.7. The molecule has 0 atom stereocenters. The van der Waals surface area contributed by atoms with Crippen molar-refractivity contribution in [1.82, 2.24) is 0 Å². The van der Waals surface area contributed by atoms with Gasteiger partial charge in [0.15, 0.2) is 0 Å². The van der Waals surface area contributed by atoms with Crippen molar-refractivity contribution >= 4 is 11.4 Å². The standard InChI is InChI=1S/C52H80N2.2C5H11.Ni/c1-5-9-13-15-17-18-19-20-21-22-23-24-25-26-27-29-32-39-49-50(38-30-11-7-3)52(48-37-33-36-46(44-48)35-31-28-16-14-10-6-2)54(53)51(49)47-42-40-45(41-43-47)34-12-8-4;2*1-3-5-4-2;/h33,36-37,40-44H,5-31,34-35,38H2,1-4H3;2*1,3-5H2,2H3;. The van der Waals surface area contributed by atoms with Gasteiger partial charge < -0.3 is 5.53 Å². The number of hydrogen-bond donors (Lipinski definition) is 0. The first-order valence-electron chi connectivity index (χ1n) is 28.1. The molecule has 2 nitrogen and oxygen atoms in total. The van der Waals surface area contributed by atoms with Crippen LogP contribution >= 0.6 is 0 Å². The number of hydrogen-bond acceptors (Lipinski definition) is 0. The topological polar surface area (TPSA) is 25.3 Å². The van der Waals surface area contributed by atoms with E-state index in [0.29, 0.717) is 0 Å². The molecule has 3 rings (SSSR count). The number of rotatable bonds is 39. The molecule has 0 amide bonds. The van der Waals surface area contributed by atoms with E-state index in [1.165, 1.54) is 225 Å². The number of unbranched alkanes of at least 4 members (excludes halogenated alkanes) is 27. The predicted octanol–water partition coefficient (Wildman–Crippen LogP) is 21.2. The van der Waals surface area contributed by atoms with Crippen LogP contribution in [0.1, 0.15) is 282 Å². The van der Waals surface area contributed by atoms with Crippen molar-refractivity contribution in [3.63, 3.8) is 0 Å². The molecule has 0 aliphatic carbocycles. The molecule has 65 heavy (non-hydrogen) atoms. The summed E-state index contributed by atoms with van der Waals surface area (Å²) in [7, 11) is 0. The van der Waals surface area contributed by atoms with Gasteiger partial charge in [-0.05, 0) is 80.3 Å². The van der Waals surface area contributed by atoms with Gasteiger partial charge in [0.2, 0.25) is 11.4 Å². The van der Waals surface area contributed by atoms with Crippen LogP contribution in [0.15, 0.2) is 59.7 Å². The number of nitrogens with zero attached hydrogens (tertiary/aromatic N) is 2. The Morgan fingerprint density at radius 3 is 1.40 bits per heavy atom. The monoisotopic (exact) mass is 933 g/mol. The fourth-order valence-corrected chi connectivity index (χ4v) is 10.2. The Morgan fingerprint density at radius 1 is 0.415 bits per heavy atom. The molecular formula is C62H102N2Ni. The zero-order chi connectivity index (χ0) is 46.8. The van der Waals surface area contributed by atoms with E-state index >= 15 is 0 Å². The van der Waals surface area contributed by atoms with Crippen molar-refractivity contribution in [3.8, 4) is 11.8 Å². The average Bonchev–Trinajstić information content (AvgIpc) is 3.60. The molecule has 0 spiro atoms. The van der Waals surface area contributed by atoms with E-state index in [2.05, 4.69) is 102 Å². The van der Waals surface area contributed by atoms with Gasteiger partial charge in [-0.1, -0.05) is 205 Å². The van der Waals surface area contributed by atoms with Crippen LogP contribution in [0.25, 0.3) is 16.9 Å². The summed E-state index contributed by atoms with van der Waals surface area (Å²) in [5, 5.41) is 2.81. The van der Waals surface area contributed by atoms with Crippen LogP contribution in [0.3, 0.4) is 0 Å². The molecule has 0 saturated carbocycles. The zero-order valence-electron chi connectivity index (χ0n) is 43.7. The van der Waals surface area contributed by atoms with E-state index in [-0.39, 0.29) is 0 Å². The van der Waals surface area contributed by atoms with Crippen LogP contribution in [0.2, 0.25) is 10.8 Å². The van der Waals surface area contributed by atoms with E-state index in [0.717, 1.165) is 66.6 Å². The van der Waals surface area contributed by atoms with Crippen molar-refractivity contribution in [1.29, 1.82) is 0 Å². The Morgan fingerprint density at radius 2 is 0.862 bits per heavy atom. The van der Waals surface area contributed by atoms with Crippen LogP contribution in [0.4, 0.5) is 0 Å². The third-order valence-electron chi connectivity index (χ3n) is 13.1. The van der Waals surface area contributed by atoms with Gasteiger partial charge in [0.1, 0.15) is 5.57 Å². The summed E-state index contributed by atoms with van der Waals surface area (Å²) in [6, 6.07) is 17.9. The Kier molecular flexibility index (Phi) is 37.7. The average molecular weight is 934 g/mol. The molecule has 2 aromatic carbocycles. The van der Waals surface area contributed by atoms with E-state index in [4.69, 9.17) is 0 Å². The molecular weight excluding hydrogens is 831 g/mol. The summed E-state index contributed by atoms with van der Waals surface area (Å²) in [6.45, 7) is 13.6. The first-order valence-corrected chi connectivity index (χ1v) is 29.5. The SMILES string of the molecule is CCCCCCCCCCCCCCCCCC#CC1=C(c2ccc(CCCC)cc2)[N+](=[N-])C(c2cccc(CCCCCCCC)c2)=C1CCCCC.CCCC[CH2][Ni][CH2]CCCC. The van der Waals surface area contributed by atoms with Crippen LogP contribution < -0.4 is 0 Å². The van der Waals surface area contributed by atoms with Gasteiger partial charge in [-0.25, -0.2) is 4.70 Å². The first-order chi connectivity index (χ1) is 32.1. The molecule has 0 unspecified atom stereocenters. The third kappa shape index (κ3) is 27.2. The normalized spacial score (nSPS) is 12.6. The Labute approximate surface area is 411 Å². The maximum absolute atomic E-state index is 12.1. The van der Waals surface area contributed by atoms with Crippen molar-refractivity contribution in [2.24, 2.45) is 0 Å². The fourth-order valence-electron chi connectivity index (χ4n) is 8.92. The Bertz CT molecular complexity index is 1580. The molecule has 0 fully saturated rings. The minimum absolute atomic E-state index is 0.865. The molecule has 2 aromatic rings. The molecule has 1 heterocycles. The van der Waals surface area contributed by atoms with Crippen molar-refractivity contribution in [3.05, 3.63) is 87.5 Å². The summed E-state index contributed by atoms with van der Waals surface area (Å²) < 4.78 is 1.50. The van der Waals surface area contributed by atoms with E-state index < -0.39 is 0 Å². The van der Waals surface area contributed by atoms with Crippen LogP contribution in [-0.2, 0) is 27.3 Å². The molecule has 0 N–H and O–H groups in total. The number of benzene rings is 2. The third-order valence-corrected chi connectivity index (χ3v) is 14.5. The van der Waals surface area contributed by atoms with Crippen molar-refractivity contribution in [2.75, 3.05) is 0 Å². The summed E-state index contributed by atoms with van der Waals surface area (Å²) in [5.41, 5.74) is 21.1. The van der Waals surface area contributed by atoms with E-state index in [1.807, 2.05) is 14.4 Å². The van der Waals surface area contributed by atoms with Crippen LogP contribution in [0.5, 0.6) is 0 Å². The van der Waals surface area contributed by atoms with Gasteiger partial charge in [0.25, 0.3) is 0 Å². The molecule has 1 aliphatic heterocycles. The van der Waals surface area contributed by atoms with Crippen molar-refractivity contribution in [2.45, 2.75) is 283 Å². The molecule has 0 radical (unpaired) electrons. The van der Waals surface area contributed by atoms with Gasteiger partial charge in [-0.3, -0.25) is 0 Å². The maximum atomic E-state index is 12.1. The van der Waals surface area contributed by atoms with E-state index in [1.54, 1.807) is 0 Å². The molecule has 0 saturated heterocycles. The summed E-state index contributed by atoms with van der Waals surface area (Å²) >= 11 is 1.97. The van der Waals surface area contributed by atoms with Gasteiger partial charge in [-0.2, -0.15) is 0 Å². The second-order valence-electron chi connectivity index (χ2n) is 19.2. The molecule has 1 aliphatic rings. The molecule has 3 heteroatoms. The second kappa shape index (κ2) is 41.7. The van der Waals surface area contributed by atoms with Gasteiger partial charge >= 0.3 is 77.6 Å². The summed E-state index contributed by atoms with van der Waals surface area (Å²) in [4.78, 5) is 0. The number of allylic oxidation sites excluding steroid dienone is 2.